The Kier molecular flexibility index (Phi) is 6.43. The van der Waals surface area contributed by atoms with Crippen molar-refractivity contribution >= 4 is 40.4 Å². The first-order chi connectivity index (χ1) is 13.3. The molecule has 150 valence electrons. The van der Waals surface area contributed by atoms with E-state index in [0.717, 1.165) is 41.0 Å². The number of halogens is 1. The number of carbonyl (C=O) groups excluding carboxylic acids is 2. The van der Waals surface area contributed by atoms with Gasteiger partial charge in [-0.15, -0.1) is 11.3 Å². The van der Waals surface area contributed by atoms with Crippen LogP contribution in [0, 0.1) is 6.92 Å². The quantitative estimate of drug-likeness (QED) is 0.630. The van der Waals surface area contributed by atoms with Crippen molar-refractivity contribution in [1.82, 2.24) is 5.32 Å². The third-order valence-corrected chi connectivity index (χ3v) is 7.34. The molecule has 7 heteroatoms. The lowest BCUT2D eigenvalue weighted by Crippen LogP contribution is -2.43. The van der Waals surface area contributed by atoms with Crippen LogP contribution in [0.5, 0.6) is 0 Å². The molecule has 0 unspecified atom stereocenters. The second-order valence-electron chi connectivity index (χ2n) is 7.41. The van der Waals surface area contributed by atoms with Crippen molar-refractivity contribution in [2.45, 2.75) is 51.0 Å². The molecule has 0 bridgehead atoms. The van der Waals surface area contributed by atoms with Gasteiger partial charge in [0.1, 0.15) is 0 Å². The van der Waals surface area contributed by atoms with Gasteiger partial charge in [-0.2, -0.15) is 0 Å². The van der Waals surface area contributed by atoms with E-state index in [2.05, 4.69) is 10.6 Å². The summed E-state index contributed by atoms with van der Waals surface area (Å²) in [4.78, 5) is 26.8. The summed E-state index contributed by atoms with van der Waals surface area (Å²) in [6.07, 6.45) is 3.60. The predicted molar refractivity (Wildman–Crippen MR) is 113 cm³/mol. The van der Waals surface area contributed by atoms with E-state index in [0.29, 0.717) is 17.3 Å². The minimum absolute atomic E-state index is 0.167. The summed E-state index contributed by atoms with van der Waals surface area (Å²) >= 11 is 7.65. The van der Waals surface area contributed by atoms with Crippen LogP contribution in [-0.2, 0) is 15.0 Å². The highest BCUT2D eigenvalue weighted by Gasteiger charge is 2.37. The molecular weight excluding hydrogens is 396 g/mol. The number of carbonyl (C=O) groups is 2. The lowest BCUT2D eigenvalue weighted by atomic mass is 9.84. The smallest absolute Gasteiger partial charge is 0.313 e. The third kappa shape index (κ3) is 4.40. The van der Waals surface area contributed by atoms with E-state index in [1.807, 2.05) is 12.1 Å². The standard InChI is InChI=1S/C21H25ClN2O3S/c1-13-15(22)6-5-7-16(13)24-20(27)19(26)23-12-21(10-3-4-11-21)18-9-8-17(28-18)14(2)25/h5-9,14,25H,3-4,10-12H2,1-2H3,(H,23,26)(H,24,27)/t14-/m1/s1. The Morgan fingerprint density at radius 3 is 2.57 bits per heavy atom. The van der Waals surface area contributed by atoms with Gasteiger partial charge in [0.2, 0.25) is 0 Å². The first kappa shape index (κ1) is 20.8. The molecular formula is C21H25ClN2O3S. The van der Waals surface area contributed by atoms with Crippen LogP contribution in [0.3, 0.4) is 0 Å². The van der Waals surface area contributed by atoms with Crippen molar-refractivity contribution in [2.75, 3.05) is 11.9 Å². The molecule has 1 fully saturated rings. The number of aliphatic hydroxyl groups excluding tert-OH is 1. The van der Waals surface area contributed by atoms with E-state index < -0.39 is 17.9 Å². The first-order valence-corrected chi connectivity index (χ1v) is 10.6. The van der Waals surface area contributed by atoms with Crippen LogP contribution >= 0.6 is 22.9 Å². The van der Waals surface area contributed by atoms with Crippen molar-refractivity contribution < 1.29 is 14.7 Å². The van der Waals surface area contributed by atoms with Gasteiger partial charge in [0.15, 0.2) is 0 Å². The summed E-state index contributed by atoms with van der Waals surface area (Å²) in [6, 6.07) is 9.17. The molecule has 2 amide bonds. The Morgan fingerprint density at radius 1 is 1.21 bits per heavy atom. The van der Waals surface area contributed by atoms with E-state index in [1.165, 1.54) is 0 Å². The monoisotopic (exact) mass is 420 g/mol. The summed E-state index contributed by atoms with van der Waals surface area (Å²) in [7, 11) is 0. The highest BCUT2D eigenvalue weighted by molar-refractivity contribution is 7.12. The van der Waals surface area contributed by atoms with E-state index >= 15 is 0 Å². The van der Waals surface area contributed by atoms with Crippen LogP contribution in [0.25, 0.3) is 0 Å². The maximum atomic E-state index is 12.4. The number of benzene rings is 1. The molecule has 2 aromatic rings. The Balaban J connectivity index is 1.67. The van der Waals surface area contributed by atoms with Gasteiger partial charge >= 0.3 is 11.8 Å². The van der Waals surface area contributed by atoms with Gasteiger partial charge in [-0.1, -0.05) is 30.5 Å². The van der Waals surface area contributed by atoms with Gasteiger partial charge in [0.25, 0.3) is 0 Å². The Labute approximate surface area is 174 Å². The lowest BCUT2D eigenvalue weighted by molar-refractivity contribution is -0.136. The van der Waals surface area contributed by atoms with Crippen molar-refractivity contribution in [3.05, 3.63) is 50.7 Å². The highest BCUT2D eigenvalue weighted by atomic mass is 35.5. The second-order valence-corrected chi connectivity index (χ2v) is 8.94. The molecule has 1 aromatic heterocycles. The van der Waals surface area contributed by atoms with Crippen molar-refractivity contribution in [1.29, 1.82) is 0 Å². The molecule has 5 nitrogen and oxygen atoms in total. The number of nitrogens with one attached hydrogen (secondary N) is 2. The molecule has 28 heavy (non-hydrogen) atoms. The maximum absolute atomic E-state index is 12.4. The summed E-state index contributed by atoms with van der Waals surface area (Å²) in [5.41, 5.74) is 1.09. The summed E-state index contributed by atoms with van der Waals surface area (Å²) in [6.45, 7) is 3.95. The Hall–Kier alpha value is -1.89. The van der Waals surface area contributed by atoms with Crippen molar-refractivity contribution in [3.63, 3.8) is 0 Å². The molecule has 1 aliphatic carbocycles. The molecule has 1 heterocycles. The largest absolute Gasteiger partial charge is 0.388 e. The normalized spacial score (nSPS) is 16.6. The average Bonchev–Trinajstić information content (AvgIpc) is 3.33. The number of amides is 2. The van der Waals surface area contributed by atoms with Crippen molar-refractivity contribution in [3.8, 4) is 0 Å². The molecule has 0 aliphatic heterocycles. The van der Waals surface area contributed by atoms with Gasteiger partial charge < -0.3 is 15.7 Å². The molecule has 1 saturated carbocycles. The molecule has 1 atom stereocenters. The predicted octanol–water partition coefficient (Wildman–Crippen LogP) is 4.33. The minimum atomic E-state index is -0.700. The van der Waals surface area contributed by atoms with Gasteiger partial charge in [-0.05, 0) is 56.5 Å². The van der Waals surface area contributed by atoms with Gasteiger partial charge in [0, 0.05) is 32.4 Å². The SMILES string of the molecule is Cc1c(Cl)cccc1NC(=O)C(=O)NCC1(c2ccc([C@@H](C)O)s2)CCCC1. The maximum Gasteiger partial charge on any atom is 0.313 e. The fourth-order valence-corrected chi connectivity index (χ4v) is 5.04. The zero-order valence-electron chi connectivity index (χ0n) is 16.0. The van der Waals surface area contributed by atoms with Crippen LogP contribution in [0.4, 0.5) is 5.69 Å². The number of thiophene rings is 1. The van der Waals surface area contributed by atoms with E-state index in [9.17, 15) is 14.7 Å². The van der Waals surface area contributed by atoms with Gasteiger partial charge in [0.05, 0.1) is 6.10 Å². The van der Waals surface area contributed by atoms with E-state index in [-0.39, 0.29) is 5.41 Å². The summed E-state index contributed by atoms with van der Waals surface area (Å²) in [5.74, 6) is -1.35. The third-order valence-electron chi connectivity index (χ3n) is 5.43. The first-order valence-electron chi connectivity index (χ1n) is 9.45. The molecule has 0 saturated heterocycles. The van der Waals surface area contributed by atoms with Crippen molar-refractivity contribution in [2.24, 2.45) is 0 Å². The van der Waals surface area contributed by atoms with Crippen LogP contribution in [0.1, 0.15) is 54.0 Å². The zero-order chi connectivity index (χ0) is 20.3. The van der Waals surface area contributed by atoms with Crippen LogP contribution in [-0.4, -0.2) is 23.5 Å². The van der Waals surface area contributed by atoms with Crippen LogP contribution < -0.4 is 10.6 Å². The number of aliphatic hydroxyl groups is 1. The number of anilines is 1. The molecule has 0 radical (unpaired) electrons. The zero-order valence-corrected chi connectivity index (χ0v) is 17.6. The van der Waals surface area contributed by atoms with E-state index in [1.54, 1.807) is 43.4 Å². The Bertz CT molecular complexity index is 872. The molecule has 3 rings (SSSR count). The number of hydrogen-bond donors (Lipinski definition) is 3. The second kappa shape index (κ2) is 8.64. The fraction of sp³-hybridized carbons (Fsp3) is 0.429. The molecule has 0 spiro atoms. The number of hydrogen-bond acceptors (Lipinski definition) is 4. The lowest BCUT2D eigenvalue weighted by Gasteiger charge is -2.28. The highest BCUT2D eigenvalue weighted by Crippen LogP contribution is 2.44. The molecule has 3 N–H and O–H groups in total. The summed E-state index contributed by atoms with van der Waals surface area (Å²) in [5, 5.41) is 15.8. The van der Waals surface area contributed by atoms with Crippen LogP contribution in [0.15, 0.2) is 30.3 Å². The fourth-order valence-electron chi connectivity index (χ4n) is 3.68. The van der Waals surface area contributed by atoms with Gasteiger partial charge in [-0.25, -0.2) is 0 Å². The molecule has 1 aliphatic rings. The van der Waals surface area contributed by atoms with E-state index in [4.69, 9.17) is 11.6 Å². The van der Waals surface area contributed by atoms with Gasteiger partial charge in [-0.3, -0.25) is 9.59 Å². The Morgan fingerprint density at radius 2 is 1.93 bits per heavy atom. The average molecular weight is 421 g/mol. The topological polar surface area (TPSA) is 78.4 Å². The minimum Gasteiger partial charge on any atom is -0.388 e. The number of rotatable bonds is 5. The molecule has 1 aromatic carbocycles. The van der Waals surface area contributed by atoms with Crippen LogP contribution in [0.2, 0.25) is 5.02 Å². The summed E-state index contributed by atoms with van der Waals surface area (Å²) < 4.78 is 0.